The number of halogens is 1. The molecule has 23 heavy (non-hydrogen) atoms. The molecule has 122 valence electrons. The number of hydrogen-bond acceptors (Lipinski definition) is 4. The van der Waals surface area contributed by atoms with Crippen molar-refractivity contribution in [2.45, 2.75) is 39.7 Å². The van der Waals surface area contributed by atoms with Crippen LogP contribution in [0.25, 0.3) is 11.4 Å². The number of nitrogens with zero attached hydrogens (tertiary/aromatic N) is 2. The highest BCUT2D eigenvalue weighted by atomic mass is 35.5. The van der Waals surface area contributed by atoms with Crippen LogP contribution in [-0.4, -0.2) is 16.0 Å². The molecule has 1 aliphatic rings. The van der Waals surface area contributed by atoms with Crippen LogP contribution in [0.5, 0.6) is 0 Å². The Bertz CT molecular complexity index is 722. The topological polar surface area (TPSA) is 68.0 Å². The van der Waals surface area contributed by atoms with E-state index in [1.165, 1.54) is 0 Å². The second-order valence-electron chi connectivity index (χ2n) is 6.42. The fraction of sp³-hybridized carbons (Fsp3) is 0.471. The van der Waals surface area contributed by atoms with Gasteiger partial charge in [-0.2, -0.15) is 4.98 Å². The van der Waals surface area contributed by atoms with Gasteiger partial charge in [0.2, 0.25) is 17.6 Å². The van der Waals surface area contributed by atoms with Gasteiger partial charge in [0.1, 0.15) is 6.04 Å². The van der Waals surface area contributed by atoms with E-state index < -0.39 is 0 Å². The highest BCUT2D eigenvalue weighted by Gasteiger charge is 2.33. The van der Waals surface area contributed by atoms with Crippen molar-refractivity contribution in [3.8, 4) is 11.4 Å². The van der Waals surface area contributed by atoms with Gasteiger partial charge in [-0.25, -0.2) is 0 Å². The van der Waals surface area contributed by atoms with Crippen molar-refractivity contribution in [1.29, 1.82) is 0 Å². The molecule has 0 bridgehead atoms. The minimum atomic E-state index is -0.273. The van der Waals surface area contributed by atoms with E-state index in [0.29, 0.717) is 16.7 Å². The average Bonchev–Trinajstić information content (AvgIpc) is 3.25. The normalized spacial score (nSPS) is 15.7. The molecule has 0 radical (unpaired) electrons. The second-order valence-corrected chi connectivity index (χ2v) is 6.83. The van der Waals surface area contributed by atoms with Crippen LogP contribution < -0.4 is 5.32 Å². The molecule has 1 aliphatic carbocycles. The number of aryl methyl sites for hydroxylation is 1. The zero-order valence-electron chi connectivity index (χ0n) is 13.5. The van der Waals surface area contributed by atoms with Gasteiger partial charge in [0.05, 0.1) is 0 Å². The summed E-state index contributed by atoms with van der Waals surface area (Å²) in [5.74, 6) is 1.29. The maximum absolute atomic E-state index is 12.0. The van der Waals surface area contributed by atoms with Crippen LogP contribution in [0.1, 0.15) is 44.2 Å². The summed E-state index contributed by atoms with van der Waals surface area (Å²) < 4.78 is 5.39. The maximum Gasteiger partial charge on any atom is 0.249 e. The first kappa shape index (κ1) is 16.0. The monoisotopic (exact) mass is 333 g/mol. The van der Waals surface area contributed by atoms with Gasteiger partial charge >= 0.3 is 0 Å². The third-order valence-electron chi connectivity index (χ3n) is 4.05. The van der Waals surface area contributed by atoms with Gasteiger partial charge in [0.15, 0.2) is 0 Å². The molecule has 0 aliphatic heterocycles. The molecular weight excluding hydrogens is 314 g/mol. The Labute approximate surface area is 140 Å². The van der Waals surface area contributed by atoms with Crippen molar-refractivity contribution in [3.05, 3.63) is 34.7 Å². The van der Waals surface area contributed by atoms with E-state index >= 15 is 0 Å². The second kappa shape index (κ2) is 6.32. The fourth-order valence-electron chi connectivity index (χ4n) is 2.34. The van der Waals surface area contributed by atoms with Gasteiger partial charge in [0, 0.05) is 16.5 Å². The quantitative estimate of drug-likeness (QED) is 0.900. The Morgan fingerprint density at radius 2 is 2.13 bits per heavy atom. The van der Waals surface area contributed by atoms with Crippen LogP contribution in [-0.2, 0) is 4.79 Å². The smallest absolute Gasteiger partial charge is 0.249 e. The molecule has 1 aromatic carbocycles. The molecule has 1 amide bonds. The molecule has 0 saturated heterocycles. The molecule has 1 N–H and O–H groups in total. The molecule has 2 aromatic rings. The predicted molar refractivity (Wildman–Crippen MR) is 87.9 cm³/mol. The molecule has 1 heterocycles. The summed E-state index contributed by atoms with van der Waals surface area (Å²) in [4.78, 5) is 16.5. The zero-order valence-corrected chi connectivity index (χ0v) is 14.2. The number of rotatable bonds is 5. The van der Waals surface area contributed by atoms with E-state index in [2.05, 4.69) is 15.5 Å². The Kier molecular flexibility index (Phi) is 4.39. The Morgan fingerprint density at radius 1 is 1.39 bits per heavy atom. The minimum Gasteiger partial charge on any atom is -0.344 e. The first-order valence-electron chi connectivity index (χ1n) is 7.86. The van der Waals surface area contributed by atoms with Crippen LogP contribution >= 0.6 is 11.6 Å². The summed E-state index contributed by atoms with van der Waals surface area (Å²) in [6, 6.07) is 5.37. The zero-order chi connectivity index (χ0) is 16.6. The number of carbonyl (C=O) groups excluding carboxylic acids is 1. The molecule has 5 nitrogen and oxygen atoms in total. The number of aromatic nitrogens is 2. The van der Waals surface area contributed by atoms with Crippen molar-refractivity contribution in [3.63, 3.8) is 0 Å². The molecule has 3 rings (SSSR count). The van der Waals surface area contributed by atoms with E-state index in [-0.39, 0.29) is 23.8 Å². The number of hydrogen-bond donors (Lipinski definition) is 1. The molecule has 0 spiro atoms. The summed E-state index contributed by atoms with van der Waals surface area (Å²) in [7, 11) is 0. The van der Waals surface area contributed by atoms with Gasteiger partial charge in [-0.3, -0.25) is 4.79 Å². The van der Waals surface area contributed by atoms with Crippen molar-refractivity contribution >= 4 is 17.5 Å². The van der Waals surface area contributed by atoms with E-state index in [4.69, 9.17) is 16.1 Å². The number of amides is 1. The summed E-state index contributed by atoms with van der Waals surface area (Å²) >= 11 is 6.15. The fourth-order valence-corrected chi connectivity index (χ4v) is 2.52. The molecule has 1 aromatic heterocycles. The molecule has 1 saturated carbocycles. The standard InChI is InChI=1S/C17H20ClN3O2/c1-9(2)14(19-16(22)11-6-7-11)17-20-15(21-23-17)12-5-4-10(3)13(18)8-12/h4-5,8-9,11,14H,6-7H2,1-3H3,(H,19,22). The van der Waals surface area contributed by atoms with E-state index in [1.807, 2.05) is 39.0 Å². The molecule has 1 unspecified atom stereocenters. The van der Waals surface area contributed by atoms with Crippen LogP contribution in [0.2, 0.25) is 5.02 Å². The van der Waals surface area contributed by atoms with Crippen LogP contribution in [0.4, 0.5) is 0 Å². The third kappa shape index (κ3) is 3.55. The summed E-state index contributed by atoms with van der Waals surface area (Å²) in [6.07, 6.45) is 1.93. The largest absolute Gasteiger partial charge is 0.344 e. The van der Waals surface area contributed by atoms with Gasteiger partial charge in [-0.1, -0.05) is 42.7 Å². The molecule has 1 fully saturated rings. The van der Waals surface area contributed by atoms with Gasteiger partial charge < -0.3 is 9.84 Å². The Hall–Kier alpha value is -1.88. The van der Waals surface area contributed by atoms with Crippen molar-refractivity contribution in [2.75, 3.05) is 0 Å². The van der Waals surface area contributed by atoms with E-state index in [9.17, 15) is 4.79 Å². The summed E-state index contributed by atoms with van der Waals surface area (Å²) in [5, 5.41) is 7.71. The van der Waals surface area contributed by atoms with Gasteiger partial charge in [-0.15, -0.1) is 0 Å². The maximum atomic E-state index is 12.0. The van der Waals surface area contributed by atoms with Crippen molar-refractivity contribution < 1.29 is 9.32 Å². The SMILES string of the molecule is Cc1ccc(-c2noc(C(NC(=O)C3CC3)C(C)C)n2)cc1Cl. The third-order valence-corrected chi connectivity index (χ3v) is 4.46. The van der Waals surface area contributed by atoms with E-state index in [1.54, 1.807) is 0 Å². The highest BCUT2D eigenvalue weighted by molar-refractivity contribution is 6.31. The van der Waals surface area contributed by atoms with Crippen molar-refractivity contribution in [1.82, 2.24) is 15.5 Å². The lowest BCUT2D eigenvalue weighted by Gasteiger charge is -2.18. The van der Waals surface area contributed by atoms with Crippen LogP contribution in [0, 0.1) is 18.8 Å². The predicted octanol–water partition coefficient (Wildman–Crippen LogP) is 3.92. The van der Waals surface area contributed by atoms with Crippen LogP contribution in [0.15, 0.2) is 22.7 Å². The lowest BCUT2D eigenvalue weighted by molar-refractivity contribution is -0.123. The lowest BCUT2D eigenvalue weighted by atomic mass is 10.0. The number of benzene rings is 1. The molecule has 6 heteroatoms. The van der Waals surface area contributed by atoms with Crippen LogP contribution in [0.3, 0.4) is 0 Å². The Balaban J connectivity index is 1.82. The van der Waals surface area contributed by atoms with Gasteiger partial charge in [0.25, 0.3) is 0 Å². The summed E-state index contributed by atoms with van der Waals surface area (Å²) in [5.41, 5.74) is 1.79. The molecule has 1 atom stereocenters. The highest BCUT2D eigenvalue weighted by Crippen LogP contribution is 2.31. The first-order chi connectivity index (χ1) is 11.0. The van der Waals surface area contributed by atoms with E-state index in [0.717, 1.165) is 24.0 Å². The van der Waals surface area contributed by atoms with Crippen molar-refractivity contribution in [2.24, 2.45) is 11.8 Å². The number of nitrogens with one attached hydrogen (secondary N) is 1. The molecular formula is C17H20ClN3O2. The summed E-state index contributed by atoms with van der Waals surface area (Å²) in [6.45, 7) is 5.98. The Morgan fingerprint density at radius 3 is 2.74 bits per heavy atom. The lowest BCUT2D eigenvalue weighted by Crippen LogP contribution is -2.33. The van der Waals surface area contributed by atoms with Gasteiger partial charge in [-0.05, 0) is 37.3 Å². The minimum absolute atomic E-state index is 0.0711. The average molecular weight is 334 g/mol. The number of carbonyl (C=O) groups is 1. The first-order valence-corrected chi connectivity index (χ1v) is 8.24.